The summed E-state index contributed by atoms with van der Waals surface area (Å²) < 4.78 is 0. The first-order valence-electron chi connectivity index (χ1n) is 3.81. The van der Waals surface area contributed by atoms with Gasteiger partial charge in [-0.3, -0.25) is 0 Å². The zero-order chi connectivity index (χ0) is 8.69. The van der Waals surface area contributed by atoms with Gasteiger partial charge in [0.2, 0.25) is 0 Å². The average Bonchev–Trinajstić information content (AvgIpc) is 1.97. The maximum atomic E-state index is 3.72. The van der Waals surface area contributed by atoms with E-state index >= 15 is 0 Å². The van der Waals surface area contributed by atoms with Crippen LogP contribution < -0.4 is 5.32 Å². The smallest absolute Gasteiger partial charge is 0.0202 e. The molecule has 0 aliphatic carbocycles. The second-order valence-corrected chi connectivity index (χ2v) is 2.72. The lowest BCUT2D eigenvalue weighted by atomic mass is 10.2. The van der Waals surface area contributed by atoms with Gasteiger partial charge >= 0.3 is 0 Å². The normalized spacial score (nSPS) is 11.0. The Balaban J connectivity index is 4.11. The predicted octanol–water partition coefficient (Wildman–Crippen LogP) is 2.28. The van der Waals surface area contributed by atoms with Crippen molar-refractivity contribution in [2.24, 2.45) is 0 Å². The Labute approximate surface area is 69.5 Å². The third-order valence-electron chi connectivity index (χ3n) is 1.27. The van der Waals surface area contributed by atoms with Crippen molar-refractivity contribution in [1.82, 2.24) is 5.32 Å². The van der Waals surface area contributed by atoms with Gasteiger partial charge in [0, 0.05) is 6.54 Å². The summed E-state index contributed by atoms with van der Waals surface area (Å²) in [7, 11) is 1.93. The van der Waals surface area contributed by atoms with Crippen molar-refractivity contribution < 1.29 is 0 Å². The van der Waals surface area contributed by atoms with Crippen LogP contribution in [0.4, 0.5) is 0 Å². The lowest BCUT2D eigenvalue weighted by molar-refractivity contribution is 0.896. The third kappa shape index (κ3) is 5.62. The molecule has 0 unspecified atom stereocenters. The van der Waals surface area contributed by atoms with Gasteiger partial charge in [-0.15, -0.1) is 0 Å². The summed E-state index contributed by atoms with van der Waals surface area (Å²) in [6, 6.07) is 0. The SMILES string of the molecule is C=C/C(=C\C=C(C)C)CNC. The van der Waals surface area contributed by atoms with Crippen LogP contribution in [0.15, 0.2) is 36.0 Å². The number of likely N-dealkylation sites (N-methyl/N-ethyl adjacent to an activating group) is 1. The number of allylic oxidation sites excluding steroid dienone is 3. The van der Waals surface area contributed by atoms with Crippen molar-refractivity contribution in [3.05, 3.63) is 36.0 Å². The fraction of sp³-hybridized carbons (Fsp3) is 0.400. The molecule has 0 saturated heterocycles. The molecular formula is C10H17N. The lowest BCUT2D eigenvalue weighted by Gasteiger charge is -1.97. The molecule has 0 aromatic carbocycles. The van der Waals surface area contributed by atoms with Crippen molar-refractivity contribution in [2.45, 2.75) is 13.8 Å². The van der Waals surface area contributed by atoms with Crippen LogP contribution in [-0.4, -0.2) is 13.6 Å². The van der Waals surface area contributed by atoms with Gasteiger partial charge in [-0.1, -0.05) is 30.4 Å². The number of rotatable bonds is 4. The van der Waals surface area contributed by atoms with Gasteiger partial charge in [-0.05, 0) is 26.5 Å². The van der Waals surface area contributed by atoms with Gasteiger partial charge in [0.15, 0.2) is 0 Å². The number of hydrogen-bond donors (Lipinski definition) is 1. The zero-order valence-electron chi connectivity index (χ0n) is 7.65. The summed E-state index contributed by atoms with van der Waals surface area (Å²) in [5.41, 5.74) is 2.52. The molecule has 0 atom stereocenters. The molecule has 0 rings (SSSR count). The van der Waals surface area contributed by atoms with E-state index in [-0.39, 0.29) is 0 Å². The molecule has 0 fully saturated rings. The summed E-state index contributed by atoms with van der Waals surface area (Å²) in [5, 5.41) is 3.07. The van der Waals surface area contributed by atoms with Gasteiger partial charge in [-0.25, -0.2) is 0 Å². The molecule has 1 heteroatoms. The van der Waals surface area contributed by atoms with Crippen molar-refractivity contribution in [2.75, 3.05) is 13.6 Å². The van der Waals surface area contributed by atoms with Crippen LogP contribution >= 0.6 is 0 Å². The second kappa shape index (κ2) is 5.93. The van der Waals surface area contributed by atoms with Crippen LogP contribution in [0.25, 0.3) is 0 Å². The van der Waals surface area contributed by atoms with Crippen molar-refractivity contribution in [3.8, 4) is 0 Å². The molecule has 0 saturated carbocycles. The Bertz CT molecular complexity index is 171. The molecule has 0 aromatic rings. The highest BCUT2D eigenvalue weighted by atomic mass is 14.8. The highest BCUT2D eigenvalue weighted by Crippen LogP contribution is 1.96. The lowest BCUT2D eigenvalue weighted by Crippen LogP contribution is -2.08. The first-order chi connectivity index (χ1) is 5.20. The van der Waals surface area contributed by atoms with Crippen LogP contribution in [0.1, 0.15) is 13.8 Å². The molecular weight excluding hydrogens is 134 g/mol. The molecule has 0 amide bonds. The quantitative estimate of drug-likeness (QED) is 0.608. The van der Waals surface area contributed by atoms with E-state index in [1.807, 2.05) is 13.1 Å². The van der Waals surface area contributed by atoms with Gasteiger partial charge in [-0.2, -0.15) is 0 Å². The Hall–Kier alpha value is -0.820. The minimum absolute atomic E-state index is 0.882. The summed E-state index contributed by atoms with van der Waals surface area (Å²) in [6.45, 7) is 8.76. The van der Waals surface area contributed by atoms with E-state index < -0.39 is 0 Å². The minimum atomic E-state index is 0.882. The summed E-state index contributed by atoms with van der Waals surface area (Å²) >= 11 is 0. The van der Waals surface area contributed by atoms with E-state index in [0.29, 0.717) is 0 Å². The van der Waals surface area contributed by atoms with Crippen LogP contribution in [-0.2, 0) is 0 Å². The summed E-state index contributed by atoms with van der Waals surface area (Å²) in [6.07, 6.45) is 6.04. The molecule has 1 nitrogen and oxygen atoms in total. The maximum absolute atomic E-state index is 3.72. The Morgan fingerprint density at radius 1 is 1.36 bits per heavy atom. The van der Waals surface area contributed by atoms with Gasteiger partial charge in [0.25, 0.3) is 0 Å². The van der Waals surface area contributed by atoms with Crippen molar-refractivity contribution >= 4 is 0 Å². The molecule has 0 spiro atoms. The predicted molar refractivity (Wildman–Crippen MR) is 51.6 cm³/mol. The van der Waals surface area contributed by atoms with Crippen LogP contribution in [0.2, 0.25) is 0 Å². The average molecular weight is 151 g/mol. The standard InChI is InChI=1S/C10H17N/c1-5-10(8-11-4)7-6-9(2)3/h5-7,11H,1,8H2,2-4H3/b10-7+. The monoisotopic (exact) mass is 151 g/mol. The topological polar surface area (TPSA) is 12.0 Å². The van der Waals surface area contributed by atoms with Crippen LogP contribution in [0, 0.1) is 0 Å². The second-order valence-electron chi connectivity index (χ2n) is 2.72. The van der Waals surface area contributed by atoms with E-state index in [1.54, 1.807) is 0 Å². The largest absolute Gasteiger partial charge is 0.316 e. The van der Waals surface area contributed by atoms with E-state index in [4.69, 9.17) is 0 Å². The maximum Gasteiger partial charge on any atom is 0.0202 e. The number of nitrogens with one attached hydrogen (secondary N) is 1. The van der Waals surface area contributed by atoms with E-state index in [9.17, 15) is 0 Å². The number of hydrogen-bond acceptors (Lipinski definition) is 1. The zero-order valence-corrected chi connectivity index (χ0v) is 7.65. The molecule has 11 heavy (non-hydrogen) atoms. The summed E-state index contributed by atoms with van der Waals surface area (Å²) in [4.78, 5) is 0. The molecule has 0 bridgehead atoms. The van der Waals surface area contributed by atoms with E-state index in [1.165, 1.54) is 11.1 Å². The highest BCUT2D eigenvalue weighted by molar-refractivity contribution is 5.24. The third-order valence-corrected chi connectivity index (χ3v) is 1.27. The first kappa shape index (κ1) is 10.2. The molecule has 0 radical (unpaired) electrons. The fourth-order valence-electron chi connectivity index (χ4n) is 0.677. The molecule has 62 valence electrons. The van der Waals surface area contributed by atoms with Gasteiger partial charge < -0.3 is 5.32 Å². The van der Waals surface area contributed by atoms with E-state index in [2.05, 4.69) is 37.9 Å². The van der Waals surface area contributed by atoms with E-state index in [0.717, 1.165) is 6.54 Å². The van der Waals surface area contributed by atoms with Gasteiger partial charge in [0.05, 0.1) is 0 Å². The molecule has 1 N–H and O–H groups in total. The van der Waals surface area contributed by atoms with Crippen molar-refractivity contribution in [3.63, 3.8) is 0 Å². The minimum Gasteiger partial charge on any atom is -0.316 e. The molecule has 0 aliphatic heterocycles. The molecule has 0 aliphatic rings. The van der Waals surface area contributed by atoms with Gasteiger partial charge in [0.1, 0.15) is 0 Å². The Morgan fingerprint density at radius 2 is 2.00 bits per heavy atom. The Kier molecular flexibility index (Phi) is 5.49. The molecule has 0 aromatic heterocycles. The Morgan fingerprint density at radius 3 is 2.36 bits per heavy atom. The van der Waals surface area contributed by atoms with Crippen molar-refractivity contribution in [1.29, 1.82) is 0 Å². The fourth-order valence-corrected chi connectivity index (χ4v) is 0.677. The molecule has 0 heterocycles. The van der Waals surface area contributed by atoms with Crippen LogP contribution in [0.5, 0.6) is 0 Å². The highest BCUT2D eigenvalue weighted by Gasteiger charge is 1.85. The van der Waals surface area contributed by atoms with Crippen LogP contribution in [0.3, 0.4) is 0 Å². The summed E-state index contributed by atoms with van der Waals surface area (Å²) in [5.74, 6) is 0. The first-order valence-corrected chi connectivity index (χ1v) is 3.81.